The second kappa shape index (κ2) is 6.72. The molecule has 0 aliphatic carbocycles. The molecule has 0 aliphatic heterocycles. The van der Waals surface area contributed by atoms with Crippen LogP contribution in [0.15, 0.2) is 0 Å². The van der Waals surface area contributed by atoms with Gasteiger partial charge in [0.15, 0.2) is 0 Å². The van der Waals surface area contributed by atoms with Crippen LogP contribution in [0.3, 0.4) is 0 Å². The van der Waals surface area contributed by atoms with E-state index in [0.29, 0.717) is 6.42 Å². The molecule has 0 radical (unpaired) electrons. The summed E-state index contributed by atoms with van der Waals surface area (Å²) in [5.41, 5.74) is 0. The van der Waals surface area contributed by atoms with Gasteiger partial charge in [-0.25, -0.2) is 4.72 Å². The lowest BCUT2D eigenvalue weighted by atomic mass is 10.2. The predicted octanol–water partition coefficient (Wildman–Crippen LogP) is -1.34. The zero-order valence-corrected chi connectivity index (χ0v) is 9.25. The number of aliphatic hydroxyl groups is 1. The van der Waals surface area contributed by atoms with Crippen LogP contribution in [0.5, 0.6) is 0 Å². The molecule has 0 bridgehead atoms. The lowest BCUT2D eigenvalue weighted by Gasteiger charge is -2.13. The molecule has 1 atom stereocenters. The molecule has 0 unspecified atom stereocenters. The summed E-state index contributed by atoms with van der Waals surface area (Å²) in [4.78, 5) is 10.6. The Kier molecular flexibility index (Phi) is 6.41. The van der Waals surface area contributed by atoms with Crippen molar-refractivity contribution < 1.29 is 23.4 Å². The lowest BCUT2D eigenvalue weighted by Crippen LogP contribution is -2.46. The van der Waals surface area contributed by atoms with Crippen LogP contribution in [0.25, 0.3) is 0 Å². The van der Waals surface area contributed by atoms with Gasteiger partial charge in [-0.2, -0.15) is 13.1 Å². The number of nitrogens with one attached hydrogen (secondary N) is 2. The second-order valence-corrected chi connectivity index (χ2v) is 4.45. The van der Waals surface area contributed by atoms with E-state index >= 15 is 0 Å². The third kappa shape index (κ3) is 6.39. The Labute approximate surface area is 88.7 Å². The summed E-state index contributed by atoms with van der Waals surface area (Å²) >= 11 is 0. The molecule has 0 aromatic heterocycles. The zero-order chi connectivity index (χ0) is 11.9. The average Bonchev–Trinajstić information content (AvgIpc) is 2.14. The van der Waals surface area contributed by atoms with Crippen molar-refractivity contribution in [3.8, 4) is 0 Å². The number of hydrogen-bond donors (Lipinski definition) is 4. The summed E-state index contributed by atoms with van der Waals surface area (Å²) in [5, 5.41) is 17.2. The van der Waals surface area contributed by atoms with Crippen molar-refractivity contribution in [3.63, 3.8) is 0 Å². The highest BCUT2D eigenvalue weighted by Gasteiger charge is 2.22. The quantitative estimate of drug-likeness (QED) is 0.419. The van der Waals surface area contributed by atoms with E-state index in [1.165, 1.54) is 0 Å². The van der Waals surface area contributed by atoms with Gasteiger partial charge in [0.25, 0.3) is 10.2 Å². The van der Waals surface area contributed by atoms with Crippen molar-refractivity contribution in [1.82, 2.24) is 9.44 Å². The molecule has 0 rings (SSSR count). The van der Waals surface area contributed by atoms with Gasteiger partial charge in [0.2, 0.25) is 0 Å². The van der Waals surface area contributed by atoms with Crippen LogP contribution in [0.4, 0.5) is 0 Å². The first-order valence-corrected chi connectivity index (χ1v) is 6.01. The van der Waals surface area contributed by atoms with Crippen molar-refractivity contribution in [2.45, 2.75) is 25.8 Å². The van der Waals surface area contributed by atoms with Crippen molar-refractivity contribution in [1.29, 1.82) is 0 Å². The van der Waals surface area contributed by atoms with Gasteiger partial charge >= 0.3 is 5.97 Å². The topological polar surface area (TPSA) is 116 Å². The Balaban J connectivity index is 4.32. The first-order valence-electron chi connectivity index (χ1n) is 4.53. The van der Waals surface area contributed by atoms with E-state index in [0.717, 1.165) is 0 Å². The Hall–Kier alpha value is -0.700. The highest BCUT2D eigenvalue weighted by molar-refractivity contribution is 7.87. The van der Waals surface area contributed by atoms with E-state index in [9.17, 15) is 13.2 Å². The van der Waals surface area contributed by atoms with E-state index < -0.39 is 28.8 Å². The monoisotopic (exact) mass is 240 g/mol. The molecule has 0 saturated carbocycles. The molecule has 0 heterocycles. The normalized spacial score (nSPS) is 13.7. The van der Waals surface area contributed by atoms with Crippen molar-refractivity contribution >= 4 is 16.2 Å². The number of aliphatic carboxylic acids is 1. The van der Waals surface area contributed by atoms with Crippen LogP contribution in [0.1, 0.15) is 19.8 Å². The fraction of sp³-hybridized carbons (Fsp3) is 0.857. The van der Waals surface area contributed by atoms with Gasteiger partial charge in [-0.3, -0.25) is 4.79 Å². The summed E-state index contributed by atoms with van der Waals surface area (Å²) < 4.78 is 26.5. The highest BCUT2D eigenvalue weighted by atomic mass is 32.2. The maximum absolute atomic E-state index is 11.2. The maximum atomic E-state index is 11.2. The molecule has 90 valence electrons. The van der Waals surface area contributed by atoms with Gasteiger partial charge in [0.1, 0.15) is 6.04 Å². The summed E-state index contributed by atoms with van der Waals surface area (Å²) in [7, 11) is -3.80. The Morgan fingerprint density at radius 2 is 2.07 bits per heavy atom. The van der Waals surface area contributed by atoms with Crippen LogP contribution >= 0.6 is 0 Å². The molecule has 7 nitrogen and oxygen atoms in total. The molecule has 0 saturated heterocycles. The molecule has 0 fully saturated rings. The lowest BCUT2D eigenvalue weighted by molar-refractivity contribution is -0.139. The molecular weight excluding hydrogens is 224 g/mol. The summed E-state index contributed by atoms with van der Waals surface area (Å²) in [6.45, 7) is 1.62. The number of rotatable bonds is 8. The molecule has 8 heteroatoms. The summed E-state index contributed by atoms with van der Waals surface area (Å²) in [6, 6.07) is -1.30. The SMILES string of the molecule is CCCNS(=O)(=O)N[C@@H](CCO)C(=O)O. The minimum Gasteiger partial charge on any atom is -0.480 e. The van der Waals surface area contributed by atoms with Gasteiger partial charge in [-0.05, 0) is 12.8 Å². The molecule has 0 amide bonds. The highest BCUT2D eigenvalue weighted by Crippen LogP contribution is 1.93. The number of carboxylic acid groups (broad SMARTS) is 1. The molecule has 15 heavy (non-hydrogen) atoms. The third-order valence-electron chi connectivity index (χ3n) is 1.56. The number of carboxylic acids is 1. The second-order valence-electron chi connectivity index (χ2n) is 2.92. The van der Waals surface area contributed by atoms with Gasteiger partial charge in [-0.15, -0.1) is 0 Å². The van der Waals surface area contributed by atoms with Gasteiger partial charge in [-0.1, -0.05) is 6.92 Å². The number of carbonyl (C=O) groups is 1. The van der Waals surface area contributed by atoms with E-state index in [4.69, 9.17) is 10.2 Å². The maximum Gasteiger partial charge on any atom is 0.321 e. The number of hydrogen-bond acceptors (Lipinski definition) is 4. The first-order chi connectivity index (χ1) is 6.93. The number of aliphatic hydroxyl groups excluding tert-OH is 1. The first kappa shape index (κ1) is 14.3. The van der Waals surface area contributed by atoms with Crippen LogP contribution in [-0.4, -0.2) is 43.8 Å². The fourth-order valence-electron chi connectivity index (χ4n) is 0.827. The van der Waals surface area contributed by atoms with Crippen molar-refractivity contribution in [3.05, 3.63) is 0 Å². The van der Waals surface area contributed by atoms with E-state index in [-0.39, 0.29) is 13.0 Å². The fourth-order valence-corrected chi connectivity index (χ4v) is 1.98. The van der Waals surface area contributed by atoms with Crippen LogP contribution in [-0.2, 0) is 15.0 Å². The Bertz CT molecular complexity index is 290. The van der Waals surface area contributed by atoms with Gasteiger partial charge < -0.3 is 10.2 Å². The molecule has 0 spiro atoms. The smallest absolute Gasteiger partial charge is 0.321 e. The molecular formula is C7H16N2O5S. The Morgan fingerprint density at radius 1 is 1.47 bits per heavy atom. The van der Waals surface area contributed by atoms with Crippen molar-refractivity contribution in [2.75, 3.05) is 13.2 Å². The Morgan fingerprint density at radius 3 is 2.47 bits per heavy atom. The van der Waals surface area contributed by atoms with Crippen LogP contribution in [0.2, 0.25) is 0 Å². The summed E-state index contributed by atoms with van der Waals surface area (Å²) in [5.74, 6) is -1.31. The summed E-state index contributed by atoms with van der Waals surface area (Å²) in [6.07, 6.45) is 0.445. The predicted molar refractivity (Wildman–Crippen MR) is 53.5 cm³/mol. The van der Waals surface area contributed by atoms with Gasteiger partial charge in [0.05, 0.1) is 0 Å². The van der Waals surface area contributed by atoms with Gasteiger partial charge in [0, 0.05) is 13.2 Å². The zero-order valence-electron chi connectivity index (χ0n) is 8.43. The largest absolute Gasteiger partial charge is 0.480 e. The molecule has 0 aromatic carbocycles. The molecule has 4 N–H and O–H groups in total. The van der Waals surface area contributed by atoms with Crippen molar-refractivity contribution in [2.24, 2.45) is 0 Å². The molecule has 0 aliphatic rings. The third-order valence-corrected chi connectivity index (χ3v) is 2.73. The minimum atomic E-state index is -3.80. The minimum absolute atomic E-state index is 0.164. The average molecular weight is 240 g/mol. The van der Waals surface area contributed by atoms with E-state index in [1.807, 2.05) is 4.72 Å². The van der Waals surface area contributed by atoms with Crippen LogP contribution < -0.4 is 9.44 Å². The standard InChI is InChI=1S/C7H16N2O5S/c1-2-4-8-15(13,14)9-6(3-5-10)7(11)12/h6,8-10H,2-5H2,1H3,(H,11,12)/t6-/m0/s1. The molecule has 0 aromatic rings. The van der Waals surface area contributed by atoms with E-state index in [1.54, 1.807) is 6.92 Å². The van der Waals surface area contributed by atoms with E-state index in [2.05, 4.69) is 4.72 Å². The van der Waals surface area contributed by atoms with Crippen LogP contribution in [0, 0.1) is 0 Å².